The first-order valence-corrected chi connectivity index (χ1v) is 15.9. The smallest absolute Gasteiger partial charge is 0.416 e. The van der Waals surface area contributed by atoms with E-state index in [4.69, 9.17) is 4.74 Å². The fourth-order valence-electron chi connectivity index (χ4n) is 5.77. The standard InChI is InChI=1S/C37H38F3N5O4/c1-5-44-34-29(23-42-45(34)28-16-7-6-8-17-28)31(32(35(44)48)43-33(47)26-14-10-15-27(21-26)37(38,39)40)25-13-9-12-24(20-25)22-41-19-11-18-30(46)49-36(2,3)4/h6-18,20-21,23,31-32,41H,5,19,22H2,1-4H3,(H,43,47)/b18-11+/t31-,32+/m1/s1. The van der Waals surface area contributed by atoms with E-state index >= 15 is 0 Å². The topological polar surface area (TPSA) is 106 Å². The Kier molecular flexibility index (Phi) is 10.4. The summed E-state index contributed by atoms with van der Waals surface area (Å²) in [4.78, 5) is 41.3. The number of fused-ring (bicyclic) bond motifs is 1. The van der Waals surface area contributed by atoms with Gasteiger partial charge in [0.25, 0.3) is 11.8 Å². The number of alkyl halides is 3. The average molecular weight is 674 g/mol. The van der Waals surface area contributed by atoms with Crippen molar-refractivity contribution in [2.24, 2.45) is 0 Å². The highest BCUT2D eigenvalue weighted by atomic mass is 19.4. The van der Waals surface area contributed by atoms with Gasteiger partial charge < -0.3 is 15.4 Å². The molecule has 12 heteroatoms. The Hall–Kier alpha value is -5.23. The number of ether oxygens (including phenoxy) is 1. The lowest BCUT2D eigenvalue weighted by atomic mass is 9.81. The summed E-state index contributed by atoms with van der Waals surface area (Å²) in [6.45, 7) is 8.25. The number of carbonyl (C=O) groups excluding carboxylic acids is 3. The largest absolute Gasteiger partial charge is 0.457 e. The Labute approximate surface area is 282 Å². The SMILES string of the molecule is CCN1C(=O)[C@@H](NC(=O)c2cccc(C(F)(F)F)c2)[C@H](c2cccc(CNC/C=C/C(=O)OC(C)(C)C)c2)c2cnn(-c3ccccc3)c21. The van der Waals surface area contributed by atoms with Crippen LogP contribution in [0.3, 0.4) is 0 Å². The maximum Gasteiger partial charge on any atom is 0.416 e. The Bertz CT molecular complexity index is 1850. The normalized spacial score (nSPS) is 16.5. The highest BCUT2D eigenvalue weighted by Gasteiger charge is 2.44. The molecule has 0 unspecified atom stereocenters. The van der Waals surface area contributed by atoms with Crippen molar-refractivity contribution in [1.82, 2.24) is 20.4 Å². The number of nitrogens with one attached hydrogen (secondary N) is 2. The molecule has 0 fully saturated rings. The van der Waals surface area contributed by atoms with Gasteiger partial charge in [-0.2, -0.15) is 18.3 Å². The molecule has 1 aliphatic rings. The number of halogens is 3. The van der Waals surface area contributed by atoms with Gasteiger partial charge in [0.05, 0.1) is 17.4 Å². The summed E-state index contributed by atoms with van der Waals surface area (Å²) in [6, 6.07) is 19.8. The maximum atomic E-state index is 14.3. The summed E-state index contributed by atoms with van der Waals surface area (Å²) < 4.78 is 47.4. The molecule has 1 aliphatic heterocycles. The number of hydrogen-bond donors (Lipinski definition) is 2. The number of para-hydroxylation sites is 1. The molecule has 3 aromatic carbocycles. The number of aromatic nitrogens is 2. The van der Waals surface area contributed by atoms with Crippen LogP contribution in [-0.2, 0) is 27.0 Å². The van der Waals surface area contributed by atoms with E-state index < -0.39 is 47.1 Å². The average Bonchev–Trinajstić information content (AvgIpc) is 3.49. The van der Waals surface area contributed by atoms with Gasteiger partial charge >= 0.3 is 12.1 Å². The molecule has 5 rings (SSSR count). The third kappa shape index (κ3) is 8.26. The number of amides is 2. The zero-order chi connectivity index (χ0) is 35.3. The number of esters is 1. The molecule has 0 saturated heterocycles. The van der Waals surface area contributed by atoms with E-state index in [1.165, 1.54) is 17.0 Å². The number of carbonyl (C=O) groups is 3. The molecule has 2 N–H and O–H groups in total. The summed E-state index contributed by atoms with van der Waals surface area (Å²) >= 11 is 0. The number of anilines is 1. The van der Waals surface area contributed by atoms with Gasteiger partial charge in [0, 0.05) is 42.8 Å². The summed E-state index contributed by atoms with van der Waals surface area (Å²) in [7, 11) is 0. The van der Waals surface area contributed by atoms with E-state index in [0.717, 1.165) is 29.4 Å². The van der Waals surface area contributed by atoms with Gasteiger partial charge in [-0.1, -0.05) is 54.6 Å². The molecule has 2 amide bonds. The zero-order valence-corrected chi connectivity index (χ0v) is 27.6. The Balaban J connectivity index is 1.48. The fourth-order valence-corrected chi connectivity index (χ4v) is 5.77. The number of benzene rings is 3. The summed E-state index contributed by atoms with van der Waals surface area (Å²) in [5, 5.41) is 10.7. The second-order valence-electron chi connectivity index (χ2n) is 12.6. The lowest BCUT2D eigenvalue weighted by Crippen LogP contribution is -2.55. The van der Waals surface area contributed by atoms with Crippen LogP contribution in [0.25, 0.3) is 5.69 Å². The van der Waals surface area contributed by atoms with Gasteiger partial charge in [0.15, 0.2) is 0 Å². The van der Waals surface area contributed by atoms with Gasteiger partial charge in [-0.3, -0.25) is 14.5 Å². The van der Waals surface area contributed by atoms with E-state index in [2.05, 4.69) is 15.7 Å². The first-order valence-electron chi connectivity index (χ1n) is 15.9. The van der Waals surface area contributed by atoms with Crippen LogP contribution < -0.4 is 15.5 Å². The summed E-state index contributed by atoms with van der Waals surface area (Å²) in [5.74, 6) is -1.84. The molecule has 1 aromatic heterocycles. The van der Waals surface area contributed by atoms with Crippen LogP contribution in [-0.4, -0.2) is 52.3 Å². The Morgan fingerprint density at radius 2 is 1.71 bits per heavy atom. The molecule has 2 atom stereocenters. The summed E-state index contributed by atoms with van der Waals surface area (Å²) in [5.41, 5.74) is 1.21. The second kappa shape index (κ2) is 14.5. The highest BCUT2D eigenvalue weighted by Crippen LogP contribution is 2.41. The number of hydrogen-bond acceptors (Lipinski definition) is 6. The zero-order valence-electron chi connectivity index (χ0n) is 27.6. The van der Waals surface area contributed by atoms with Crippen molar-refractivity contribution >= 4 is 23.6 Å². The van der Waals surface area contributed by atoms with Gasteiger partial charge in [-0.05, 0) is 69.2 Å². The minimum absolute atomic E-state index is 0.215. The van der Waals surface area contributed by atoms with Crippen LogP contribution in [0.1, 0.15) is 66.2 Å². The fraction of sp³-hybridized carbons (Fsp3) is 0.297. The predicted octanol–water partition coefficient (Wildman–Crippen LogP) is 6.18. The van der Waals surface area contributed by atoms with Crippen LogP contribution in [0.5, 0.6) is 0 Å². The first kappa shape index (κ1) is 35.1. The van der Waals surface area contributed by atoms with Crippen LogP contribution in [0.4, 0.5) is 19.0 Å². The molecule has 0 aliphatic carbocycles. The summed E-state index contributed by atoms with van der Waals surface area (Å²) in [6.07, 6.45) is 0.0589. The van der Waals surface area contributed by atoms with Crippen LogP contribution in [0, 0.1) is 0 Å². The van der Waals surface area contributed by atoms with E-state index in [-0.39, 0.29) is 12.1 Å². The van der Waals surface area contributed by atoms with E-state index in [1.54, 1.807) is 44.6 Å². The van der Waals surface area contributed by atoms with Crippen molar-refractivity contribution in [2.45, 2.75) is 58.0 Å². The quantitative estimate of drug-likeness (QED) is 0.119. The van der Waals surface area contributed by atoms with Gasteiger partial charge in [0.1, 0.15) is 17.5 Å². The highest BCUT2D eigenvalue weighted by molar-refractivity contribution is 6.05. The lowest BCUT2D eigenvalue weighted by Gasteiger charge is -2.38. The molecule has 0 radical (unpaired) electrons. The predicted molar refractivity (Wildman–Crippen MR) is 179 cm³/mol. The minimum Gasteiger partial charge on any atom is -0.457 e. The van der Waals surface area contributed by atoms with E-state index in [0.29, 0.717) is 30.0 Å². The molecule has 0 saturated carbocycles. The third-order valence-electron chi connectivity index (χ3n) is 7.85. The number of likely N-dealkylation sites (N-methyl/N-ethyl adjacent to an activating group) is 1. The van der Waals surface area contributed by atoms with Crippen LogP contribution in [0.2, 0.25) is 0 Å². The molecule has 0 spiro atoms. The molecule has 49 heavy (non-hydrogen) atoms. The molecule has 256 valence electrons. The lowest BCUT2D eigenvalue weighted by molar-refractivity contribution is -0.148. The second-order valence-corrected chi connectivity index (χ2v) is 12.6. The molecule has 2 heterocycles. The maximum absolute atomic E-state index is 14.3. The van der Waals surface area contributed by atoms with Crippen molar-refractivity contribution in [3.8, 4) is 5.69 Å². The Morgan fingerprint density at radius 3 is 2.41 bits per heavy atom. The van der Waals surface area contributed by atoms with Crippen LogP contribution in [0.15, 0.2) is 97.2 Å². The van der Waals surface area contributed by atoms with E-state index in [1.807, 2.05) is 54.6 Å². The van der Waals surface area contributed by atoms with Gasteiger partial charge in [-0.25, -0.2) is 9.48 Å². The van der Waals surface area contributed by atoms with Crippen molar-refractivity contribution < 1.29 is 32.3 Å². The first-order chi connectivity index (χ1) is 23.3. The molecule has 4 aromatic rings. The van der Waals surface area contributed by atoms with Gasteiger partial charge in [-0.15, -0.1) is 0 Å². The van der Waals surface area contributed by atoms with Crippen LogP contribution >= 0.6 is 0 Å². The monoisotopic (exact) mass is 673 g/mol. The molecule has 0 bridgehead atoms. The molecule has 9 nitrogen and oxygen atoms in total. The Morgan fingerprint density at radius 1 is 0.980 bits per heavy atom. The third-order valence-corrected chi connectivity index (χ3v) is 7.85. The number of nitrogens with zero attached hydrogens (tertiary/aromatic N) is 3. The van der Waals surface area contributed by atoms with Gasteiger partial charge in [0.2, 0.25) is 0 Å². The van der Waals surface area contributed by atoms with Crippen molar-refractivity contribution in [1.29, 1.82) is 0 Å². The van der Waals surface area contributed by atoms with Crippen molar-refractivity contribution in [3.63, 3.8) is 0 Å². The number of rotatable bonds is 10. The molecular formula is C37H38F3N5O4. The van der Waals surface area contributed by atoms with E-state index in [9.17, 15) is 27.6 Å². The van der Waals surface area contributed by atoms with Crippen molar-refractivity contribution in [2.75, 3.05) is 18.0 Å². The molecular weight excluding hydrogens is 635 g/mol. The van der Waals surface area contributed by atoms with Crippen molar-refractivity contribution in [3.05, 3.63) is 125 Å². The minimum atomic E-state index is -4.64.